The van der Waals surface area contributed by atoms with Gasteiger partial charge in [-0.15, -0.1) is 0 Å². The monoisotopic (exact) mass is 154 g/mol. The lowest BCUT2D eigenvalue weighted by molar-refractivity contribution is 0.347. The van der Waals surface area contributed by atoms with Gasteiger partial charge >= 0.3 is 0 Å². The van der Waals surface area contributed by atoms with Crippen molar-refractivity contribution in [3.8, 4) is 0 Å². The molecule has 64 valence electrons. The molecule has 0 aromatic heterocycles. The van der Waals surface area contributed by atoms with Crippen LogP contribution in [0.5, 0.6) is 0 Å². The fraction of sp³-hybridized carbons (Fsp3) is 0.778. The minimum atomic E-state index is 0.0939. The third-order valence-electron chi connectivity index (χ3n) is 2.11. The minimum absolute atomic E-state index is 0.0939. The van der Waals surface area contributed by atoms with E-state index in [1.165, 1.54) is 0 Å². The van der Waals surface area contributed by atoms with Gasteiger partial charge in [0.25, 0.3) is 0 Å². The average molecular weight is 154 g/mol. The highest BCUT2D eigenvalue weighted by Crippen LogP contribution is 2.12. The van der Waals surface area contributed by atoms with Crippen LogP contribution < -0.4 is 11.1 Å². The Bertz CT molecular complexity index is 142. The van der Waals surface area contributed by atoms with Crippen LogP contribution in [0.25, 0.3) is 0 Å². The van der Waals surface area contributed by atoms with Crippen molar-refractivity contribution in [3.05, 3.63) is 12.2 Å². The molecule has 0 saturated carbocycles. The van der Waals surface area contributed by atoms with Crippen molar-refractivity contribution in [3.63, 3.8) is 0 Å². The van der Waals surface area contributed by atoms with Crippen molar-refractivity contribution in [2.24, 2.45) is 5.73 Å². The van der Waals surface area contributed by atoms with Gasteiger partial charge in [0.15, 0.2) is 0 Å². The Morgan fingerprint density at radius 3 is 2.45 bits per heavy atom. The Labute approximate surface area is 68.9 Å². The van der Waals surface area contributed by atoms with Crippen molar-refractivity contribution < 1.29 is 0 Å². The number of rotatable bonds is 3. The van der Waals surface area contributed by atoms with Gasteiger partial charge in [-0.25, -0.2) is 0 Å². The molecule has 0 saturated heterocycles. The molecule has 0 spiro atoms. The molecule has 0 radical (unpaired) electrons. The number of hydrogen-bond donors (Lipinski definition) is 2. The summed E-state index contributed by atoms with van der Waals surface area (Å²) in [6.07, 6.45) is 6.77. The van der Waals surface area contributed by atoms with Crippen molar-refractivity contribution >= 4 is 0 Å². The highest BCUT2D eigenvalue weighted by Gasteiger charge is 2.20. The second kappa shape index (κ2) is 3.37. The second-order valence-corrected chi connectivity index (χ2v) is 3.87. The Balaban J connectivity index is 2.30. The van der Waals surface area contributed by atoms with Crippen molar-refractivity contribution in [2.45, 2.75) is 38.3 Å². The molecule has 0 aromatic carbocycles. The van der Waals surface area contributed by atoms with E-state index in [4.69, 9.17) is 5.73 Å². The summed E-state index contributed by atoms with van der Waals surface area (Å²) in [4.78, 5) is 0. The van der Waals surface area contributed by atoms with Crippen LogP contribution in [-0.4, -0.2) is 18.1 Å². The summed E-state index contributed by atoms with van der Waals surface area (Å²) in [6.45, 7) is 4.99. The first kappa shape index (κ1) is 8.75. The largest absolute Gasteiger partial charge is 0.329 e. The van der Waals surface area contributed by atoms with E-state index in [2.05, 4.69) is 31.3 Å². The zero-order valence-electron chi connectivity index (χ0n) is 7.43. The summed E-state index contributed by atoms with van der Waals surface area (Å²) in [7, 11) is 0. The predicted molar refractivity (Wildman–Crippen MR) is 48.4 cm³/mol. The van der Waals surface area contributed by atoms with Gasteiger partial charge in [-0.2, -0.15) is 0 Å². The average Bonchev–Trinajstić information content (AvgIpc) is 2.39. The summed E-state index contributed by atoms with van der Waals surface area (Å²) in [5.74, 6) is 0. The van der Waals surface area contributed by atoms with E-state index in [1.807, 2.05) is 0 Å². The van der Waals surface area contributed by atoms with Crippen molar-refractivity contribution in [1.29, 1.82) is 0 Å². The molecular weight excluding hydrogens is 136 g/mol. The van der Waals surface area contributed by atoms with Crippen LogP contribution in [0.4, 0.5) is 0 Å². The number of hydrogen-bond acceptors (Lipinski definition) is 2. The van der Waals surface area contributed by atoms with Crippen LogP contribution in [0, 0.1) is 0 Å². The first-order valence-electron chi connectivity index (χ1n) is 4.27. The van der Waals surface area contributed by atoms with E-state index >= 15 is 0 Å². The minimum Gasteiger partial charge on any atom is -0.329 e. The second-order valence-electron chi connectivity index (χ2n) is 3.87. The topological polar surface area (TPSA) is 38.0 Å². The summed E-state index contributed by atoms with van der Waals surface area (Å²) in [6, 6.07) is 0.619. The SMILES string of the molecule is CC(C)(CN)NC1CC=CC1. The Morgan fingerprint density at radius 2 is 2.00 bits per heavy atom. The lowest BCUT2D eigenvalue weighted by Crippen LogP contribution is -2.50. The summed E-state index contributed by atoms with van der Waals surface area (Å²) >= 11 is 0. The van der Waals surface area contributed by atoms with Gasteiger partial charge in [0.05, 0.1) is 0 Å². The van der Waals surface area contributed by atoms with Gasteiger partial charge in [0, 0.05) is 18.1 Å². The lowest BCUT2D eigenvalue weighted by atomic mass is 10.0. The number of nitrogens with two attached hydrogens (primary N) is 1. The molecule has 1 rings (SSSR count). The van der Waals surface area contributed by atoms with Crippen LogP contribution in [0.15, 0.2) is 12.2 Å². The lowest BCUT2D eigenvalue weighted by Gasteiger charge is -2.28. The van der Waals surface area contributed by atoms with Gasteiger partial charge in [-0.1, -0.05) is 12.2 Å². The number of nitrogens with one attached hydrogen (secondary N) is 1. The van der Waals surface area contributed by atoms with Gasteiger partial charge in [-0.05, 0) is 26.7 Å². The van der Waals surface area contributed by atoms with Crippen LogP contribution >= 0.6 is 0 Å². The first-order chi connectivity index (χ1) is 5.14. The third-order valence-corrected chi connectivity index (χ3v) is 2.11. The smallest absolute Gasteiger partial charge is 0.0250 e. The van der Waals surface area contributed by atoms with Gasteiger partial charge < -0.3 is 11.1 Å². The van der Waals surface area contributed by atoms with Crippen LogP contribution in [-0.2, 0) is 0 Å². The Morgan fingerprint density at radius 1 is 1.45 bits per heavy atom. The van der Waals surface area contributed by atoms with Crippen molar-refractivity contribution in [1.82, 2.24) is 5.32 Å². The zero-order chi connectivity index (χ0) is 8.32. The maximum absolute atomic E-state index is 5.60. The molecule has 1 aliphatic carbocycles. The fourth-order valence-corrected chi connectivity index (χ4v) is 1.35. The van der Waals surface area contributed by atoms with Gasteiger partial charge in [0.2, 0.25) is 0 Å². The van der Waals surface area contributed by atoms with Crippen LogP contribution in [0.2, 0.25) is 0 Å². The van der Waals surface area contributed by atoms with Gasteiger partial charge in [-0.3, -0.25) is 0 Å². The van der Waals surface area contributed by atoms with Gasteiger partial charge in [0.1, 0.15) is 0 Å². The summed E-state index contributed by atoms with van der Waals surface area (Å²) in [5, 5.41) is 3.52. The standard InChI is InChI=1S/C9H18N2/c1-9(2,7-10)11-8-5-3-4-6-8/h3-4,8,11H,5-7,10H2,1-2H3. The van der Waals surface area contributed by atoms with E-state index < -0.39 is 0 Å². The zero-order valence-corrected chi connectivity index (χ0v) is 7.43. The molecule has 2 heteroatoms. The molecule has 0 aliphatic heterocycles. The quantitative estimate of drug-likeness (QED) is 0.596. The molecule has 0 amide bonds. The van der Waals surface area contributed by atoms with E-state index in [0.29, 0.717) is 12.6 Å². The van der Waals surface area contributed by atoms with E-state index in [1.54, 1.807) is 0 Å². The maximum Gasteiger partial charge on any atom is 0.0250 e. The van der Waals surface area contributed by atoms with E-state index in [9.17, 15) is 0 Å². The highest BCUT2D eigenvalue weighted by atomic mass is 15.0. The Hall–Kier alpha value is -0.340. The predicted octanol–water partition coefficient (Wildman–Crippen LogP) is 1.03. The maximum atomic E-state index is 5.60. The molecule has 0 atom stereocenters. The molecule has 3 N–H and O–H groups in total. The van der Waals surface area contributed by atoms with E-state index in [0.717, 1.165) is 12.8 Å². The first-order valence-corrected chi connectivity index (χ1v) is 4.27. The highest BCUT2D eigenvalue weighted by molar-refractivity contribution is 5.00. The molecule has 0 aromatic rings. The molecule has 1 aliphatic rings. The molecule has 0 fully saturated rings. The molecular formula is C9H18N2. The molecule has 2 nitrogen and oxygen atoms in total. The normalized spacial score (nSPS) is 19.5. The van der Waals surface area contributed by atoms with E-state index in [-0.39, 0.29) is 5.54 Å². The van der Waals surface area contributed by atoms with Crippen LogP contribution in [0.3, 0.4) is 0 Å². The molecule has 0 heterocycles. The molecule has 0 bridgehead atoms. The van der Waals surface area contributed by atoms with Crippen LogP contribution in [0.1, 0.15) is 26.7 Å². The summed E-state index contributed by atoms with van der Waals surface area (Å²) < 4.78 is 0. The third kappa shape index (κ3) is 2.64. The molecule has 0 unspecified atom stereocenters. The fourth-order valence-electron chi connectivity index (χ4n) is 1.35. The summed E-state index contributed by atoms with van der Waals surface area (Å²) in [5.41, 5.74) is 5.70. The molecule has 11 heavy (non-hydrogen) atoms. The van der Waals surface area contributed by atoms with Crippen molar-refractivity contribution in [2.75, 3.05) is 6.54 Å². The Kier molecular flexibility index (Phi) is 2.68.